The Morgan fingerprint density at radius 1 is 1.39 bits per heavy atom. The molecule has 0 bridgehead atoms. The van der Waals surface area contributed by atoms with Gasteiger partial charge in [0.25, 0.3) is 0 Å². The molecule has 1 unspecified atom stereocenters. The topological polar surface area (TPSA) is 66.9 Å². The summed E-state index contributed by atoms with van der Waals surface area (Å²) in [5.74, 6) is -0.677. The minimum atomic E-state index is -0.254. The van der Waals surface area contributed by atoms with E-state index >= 15 is 0 Å². The van der Waals surface area contributed by atoms with Gasteiger partial charge < -0.3 is 9.64 Å². The molecule has 18 heavy (non-hydrogen) atoms. The number of amides is 2. The van der Waals surface area contributed by atoms with Crippen molar-refractivity contribution in [2.45, 2.75) is 19.8 Å². The molecule has 1 atom stereocenters. The number of carbonyl (C=O) groups is 3. The average Bonchev–Trinajstić information content (AvgIpc) is 2.65. The Bertz CT molecular complexity index is 327. The molecule has 1 rings (SSSR count). The first-order valence-corrected chi connectivity index (χ1v) is 6.05. The van der Waals surface area contributed by atoms with E-state index in [4.69, 9.17) is 0 Å². The van der Waals surface area contributed by atoms with Crippen molar-refractivity contribution in [1.29, 1.82) is 0 Å². The van der Waals surface area contributed by atoms with Crippen molar-refractivity contribution in [1.82, 2.24) is 9.80 Å². The molecular formula is C12H20N2O4. The standard InChI is InChI=1S/C12H20N2O4/c1-9(12(17)18-3)8-13(2)6-7-14-10(15)4-5-11(14)16/h9H,4-8H2,1-3H3. The lowest BCUT2D eigenvalue weighted by atomic mass is 10.2. The molecule has 1 aliphatic heterocycles. The van der Waals surface area contributed by atoms with E-state index in [1.165, 1.54) is 12.0 Å². The summed E-state index contributed by atoms with van der Waals surface area (Å²) in [6.07, 6.45) is 0.641. The Morgan fingerprint density at radius 3 is 2.44 bits per heavy atom. The average molecular weight is 256 g/mol. The molecule has 1 saturated heterocycles. The van der Waals surface area contributed by atoms with Gasteiger partial charge in [0.15, 0.2) is 0 Å². The largest absolute Gasteiger partial charge is 0.469 e. The summed E-state index contributed by atoms with van der Waals surface area (Å²) in [6.45, 7) is 3.29. The highest BCUT2D eigenvalue weighted by atomic mass is 16.5. The fourth-order valence-electron chi connectivity index (χ4n) is 1.98. The molecule has 2 amide bonds. The number of imide groups is 1. The lowest BCUT2D eigenvalue weighted by Gasteiger charge is -2.22. The Labute approximate surface area is 107 Å². The van der Waals surface area contributed by atoms with Crippen molar-refractivity contribution in [2.24, 2.45) is 5.92 Å². The molecule has 6 heteroatoms. The quantitative estimate of drug-likeness (QED) is 0.489. The second-order valence-corrected chi connectivity index (χ2v) is 4.63. The highest BCUT2D eigenvalue weighted by Gasteiger charge is 2.28. The zero-order valence-corrected chi connectivity index (χ0v) is 11.1. The summed E-state index contributed by atoms with van der Waals surface area (Å²) in [5, 5.41) is 0. The predicted octanol–water partition coefficient (Wildman–Crippen LogP) is -0.124. The number of hydrogen-bond donors (Lipinski definition) is 0. The monoisotopic (exact) mass is 256 g/mol. The number of esters is 1. The van der Waals surface area contributed by atoms with Crippen LogP contribution >= 0.6 is 0 Å². The number of ether oxygens (including phenoxy) is 1. The number of likely N-dealkylation sites (N-methyl/N-ethyl adjacent to an activating group) is 1. The van der Waals surface area contributed by atoms with E-state index in [2.05, 4.69) is 4.74 Å². The zero-order chi connectivity index (χ0) is 13.7. The van der Waals surface area contributed by atoms with E-state index in [0.717, 1.165) is 0 Å². The van der Waals surface area contributed by atoms with Crippen molar-refractivity contribution in [3.63, 3.8) is 0 Å². The Morgan fingerprint density at radius 2 is 1.94 bits per heavy atom. The molecular weight excluding hydrogens is 236 g/mol. The maximum atomic E-state index is 11.4. The summed E-state index contributed by atoms with van der Waals surface area (Å²) in [6, 6.07) is 0. The first-order valence-electron chi connectivity index (χ1n) is 6.05. The highest BCUT2D eigenvalue weighted by Crippen LogP contribution is 2.11. The zero-order valence-electron chi connectivity index (χ0n) is 11.1. The second kappa shape index (κ2) is 6.49. The van der Waals surface area contributed by atoms with Crippen molar-refractivity contribution < 1.29 is 19.1 Å². The number of rotatable bonds is 6. The van der Waals surface area contributed by atoms with Crippen LogP contribution in [0.1, 0.15) is 19.8 Å². The molecule has 0 radical (unpaired) electrons. The number of nitrogens with zero attached hydrogens (tertiary/aromatic N) is 2. The van der Waals surface area contributed by atoms with Crippen LogP contribution in [-0.2, 0) is 19.1 Å². The van der Waals surface area contributed by atoms with Crippen molar-refractivity contribution in [2.75, 3.05) is 33.8 Å². The van der Waals surface area contributed by atoms with Crippen LogP contribution in [-0.4, -0.2) is 61.4 Å². The smallest absolute Gasteiger partial charge is 0.309 e. The normalized spacial score (nSPS) is 17.4. The summed E-state index contributed by atoms with van der Waals surface area (Å²) >= 11 is 0. The molecule has 1 fully saturated rings. The molecule has 1 heterocycles. The first kappa shape index (κ1) is 14.6. The third-order valence-electron chi connectivity index (χ3n) is 3.05. The van der Waals surface area contributed by atoms with Gasteiger partial charge in [0.2, 0.25) is 11.8 Å². The van der Waals surface area contributed by atoms with Crippen LogP contribution in [0.3, 0.4) is 0 Å². The van der Waals surface area contributed by atoms with E-state index in [0.29, 0.717) is 32.5 Å². The summed E-state index contributed by atoms with van der Waals surface area (Å²) < 4.78 is 4.64. The summed E-state index contributed by atoms with van der Waals surface area (Å²) in [5.41, 5.74) is 0. The molecule has 102 valence electrons. The van der Waals surface area contributed by atoms with Gasteiger partial charge in [-0.15, -0.1) is 0 Å². The van der Waals surface area contributed by atoms with E-state index in [-0.39, 0.29) is 23.7 Å². The Balaban J connectivity index is 2.32. The van der Waals surface area contributed by atoms with E-state index in [9.17, 15) is 14.4 Å². The Kier molecular flexibility index (Phi) is 5.27. The van der Waals surface area contributed by atoms with Gasteiger partial charge >= 0.3 is 5.97 Å². The maximum absolute atomic E-state index is 11.4. The van der Waals surface area contributed by atoms with Crippen molar-refractivity contribution >= 4 is 17.8 Å². The van der Waals surface area contributed by atoms with E-state index in [1.807, 2.05) is 11.9 Å². The van der Waals surface area contributed by atoms with Gasteiger partial charge in [-0.1, -0.05) is 6.92 Å². The molecule has 0 spiro atoms. The van der Waals surface area contributed by atoms with Crippen LogP contribution in [0.5, 0.6) is 0 Å². The van der Waals surface area contributed by atoms with Crippen LogP contribution in [0.25, 0.3) is 0 Å². The maximum Gasteiger partial charge on any atom is 0.309 e. The van der Waals surface area contributed by atoms with Gasteiger partial charge in [-0.25, -0.2) is 0 Å². The number of methoxy groups -OCH3 is 1. The Hall–Kier alpha value is -1.43. The molecule has 0 aliphatic carbocycles. The number of likely N-dealkylation sites (tertiary alicyclic amines) is 1. The lowest BCUT2D eigenvalue weighted by molar-refractivity contribution is -0.145. The van der Waals surface area contributed by atoms with Gasteiger partial charge in [0.05, 0.1) is 13.0 Å². The van der Waals surface area contributed by atoms with Gasteiger partial charge in [0.1, 0.15) is 0 Å². The van der Waals surface area contributed by atoms with Crippen LogP contribution in [0.15, 0.2) is 0 Å². The fourth-order valence-corrected chi connectivity index (χ4v) is 1.98. The van der Waals surface area contributed by atoms with Gasteiger partial charge in [-0.2, -0.15) is 0 Å². The van der Waals surface area contributed by atoms with Crippen LogP contribution in [0.2, 0.25) is 0 Å². The van der Waals surface area contributed by atoms with E-state index in [1.54, 1.807) is 6.92 Å². The molecule has 0 aromatic heterocycles. The number of carbonyl (C=O) groups excluding carboxylic acids is 3. The number of hydrogen-bond acceptors (Lipinski definition) is 5. The van der Waals surface area contributed by atoms with Gasteiger partial charge in [0, 0.05) is 32.5 Å². The minimum Gasteiger partial charge on any atom is -0.469 e. The summed E-state index contributed by atoms with van der Waals surface area (Å²) in [4.78, 5) is 37.2. The third kappa shape index (κ3) is 3.80. The molecule has 0 aromatic carbocycles. The second-order valence-electron chi connectivity index (χ2n) is 4.63. The van der Waals surface area contributed by atoms with Gasteiger partial charge in [-0.05, 0) is 7.05 Å². The first-order chi connectivity index (χ1) is 8.45. The molecule has 0 saturated carbocycles. The fraction of sp³-hybridized carbons (Fsp3) is 0.750. The molecule has 0 aromatic rings. The lowest BCUT2D eigenvalue weighted by Crippen LogP contribution is -2.38. The van der Waals surface area contributed by atoms with Crippen molar-refractivity contribution in [3.8, 4) is 0 Å². The SMILES string of the molecule is COC(=O)C(C)CN(C)CCN1C(=O)CCC1=O. The van der Waals surface area contributed by atoms with Gasteiger partial charge in [-0.3, -0.25) is 19.3 Å². The third-order valence-corrected chi connectivity index (χ3v) is 3.05. The molecule has 6 nitrogen and oxygen atoms in total. The minimum absolute atomic E-state index is 0.102. The molecule has 1 aliphatic rings. The predicted molar refractivity (Wildman–Crippen MR) is 64.6 cm³/mol. The summed E-state index contributed by atoms with van der Waals surface area (Å²) in [7, 11) is 3.21. The van der Waals surface area contributed by atoms with Crippen LogP contribution in [0.4, 0.5) is 0 Å². The highest BCUT2D eigenvalue weighted by molar-refractivity contribution is 6.01. The molecule has 0 N–H and O–H groups in total. The van der Waals surface area contributed by atoms with Crippen LogP contribution in [0, 0.1) is 5.92 Å². The van der Waals surface area contributed by atoms with Crippen molar-refractivity contribution in [3.05, 3.63) is 0 Å². The van der Waals surface area contributed by atoms with Crippen LogP contribution < -0.4 is 0 Å². The van der Waals surface area contributed by atoms with E-state index < -0.39 is 0 Å².